The van der Waals surface area contributed by atoms with Crippen LogP contribution in [0.3, 0.4) is 0 Å². The highest BCUT2D eigenvalue weighted by atomic mass is 32.2. The van der Waals surface area contributed by atoms with E-state index in [-0.39, 0.29) is 4.90 Å². The van der Waals surface area contributed by atoms with Crippen LogP contribution in [0.2, 0.25) is 0 Å². The summed E-state index contributed by atoms with van der Waals surface area (Å²) in [6.07, 6.45) is -6.03. The van der Waals surface area contributed by atoms with Crippen molar-refractivity contribution in [1.82, 2.24) is 4.72 Å². The van der Waals surface area contributed by atoms with E-state index in [0.29, 0.717) is 0 Å². The lowest BCUT2D eigenvalue weighted by Crippen LogP contribution is -2.31. The number of rotatable bonds is 6. The van der Waals surface area contributed by atoms with Crippen molar-refractivity contribution in [2.45, 2.75) is 17.5 Å². The molecule has 10 heteroatoms. The number of sulfonamides is 1. The lowest BCUT2D eigenvalue weighted by molar-refractivity contribution is -0.201. The molecule has 0 fully saturated rings. The summed E-state index contributed by atoms with van der Waals surface area (Å²) in [5, 5.41) is 0. The van der Waals surface area contributed by atoms with E-state index in [1.54, 1.807) is 12.1 Å². The van der Waals surface area contributed by atoms with Crippen LogP contribution in [0.1, 0.15) is 6.42 Å². The van der Waals surface area contributed by atoms with Crippen LogP contribution < -0.4 is 4.72 Å². The van der Waals surface area contributed by atoms with Crippen molar-refractivity contribution < 1.29 is 35.9 Å². The first-order valence-electron chi connectivity index (χ1n) is 7.56. The second-order valence-electron chi connectivity index (χ2n) is 5.30. The fraction of sp³-hybridized carbons (Fsp3) is 0.176. The van der Waals surface area contributed by atoms with Crippen molar-refractivity contribution in [1.29, 1.82) is 0 Å². The molecule has 0 radical (unpaired) electrons. The highest BCUT2D eigenvalue weighted by Crippen LogP contribution is 2.21. The summed E-state index contributed by atoms with van der Waals surface area (Å²) in [6.45, 7) is -0.521. The molecule has 0 atom stereocenters. The Labute approximate surface area is 153 Å². The maximum absolute atomic E-state index is 12.1. The van der Waals surface area contributed by atoms with E-state index in [1.807, 2.05) is 30.3 Å². The summed E-state index contributed by atoms with van der Waals surface area (Å²) in [6, 6.07) is 15.1. The Morgan fingerprint density at radius 3 is 2.04 bits per heavy atom. The molecule has 0 aliphatic rings. The van der Waals surface area contributed by atoms with Crippen molar-refractivity contribution in [3.63, 3.8) is 0 Å². The molecule has 6 nitrogen and oxygen atoms in total. The predicted octanol–water partition coefficient (Wildman–Crippen LogP) is 2.65. The van der Waals surface area contributed by atoms with Crippen LogP contribution in [0.25, 0.3) is 11.1 Å². The first-order chi connectivity index (χ1) is 12.6. The summed E-state index contributed by atoms with van der Waals surface area (Å²) < 4.78 is 65.8. The number of alkyl halides is 3. The van der Waals surface area contributed by atoms with Crippen molar-refractivity contribution in [2.24, 2.45) is 0 Å². The summed E-state index contributed by atoms with van der Waals surface area (Å²) >= 11 is 0. The molecule has 2 rings (SSSR count). The molecule has 0 heterocycles. The maximum Gasteiger partial charge on any atom is 0.491 e. The van der Waals surface area contributed by atoms with E-state index in [2.05, 4.69) is 9.46 Å². The second kappa shape index (κ2) is 8.31. The van der Waals surface area contributed by atoms with Gasteiger partial charge in [-0.1, -0.05) is 42.5 Å². The summed E-state index contributed by atoms with van der Waals surface area (Å²) in [5.41, 5.74) is 1.69. The molecule has 0 aromatic heterocycles. The lowest BCUT2D eigenvalue weighted by atomic mass is 10.1. The van der Waals surface area contributed by atoms with Gasteiger partial charge in [0.25, 0.3) is 0 Å². The molecular weight excluding hydrogens is 387 g/mol. The topological polar surface area (TPSA) is 89.5 Å². The van der Waals surface area contributed by atoms with Gasteiger partial charge in [-0.15, -0.1) is 0 Å². The summed E-state index contributed by atoms with van der Waals surface area (Å²) in [7, 11) is -3.98. The molecule has 0 spiro atoms. The minimum absolute atomic E-state index is 0.0816. The van der Waals surface area contributed by atoms with Crippen molar-refractivity contribution >= 4 is 22.0 Å². The molecule has 0 aliphatic heterocycles. The Bertz CT molecular complexity index is 910. The third-order valence-electron chi connectivity index (χ3n) is 3.33. The predicted molar refractivity (Wildman–Crippen MR) is 88.8 cm³/mol. The highest BCUT2D eigenvalue weighted by molar-refractivity contribution is 7.89. The second-order valence-corrected chi connectivity index (χ2v) is 7.06. The van der Waals surface area contributed by atoms with Gasteiger partial charge in [-0.05, 0) is 23.3 Å². The zero-order valence-corrected chi connectivity index (χ0v) is 14.5. The van der Waals surface area contributed by atoms with Gasteiger partial charge in [0.1, 0.15) is 0 Å². The average Bonchev–Trinajstić information content (AvgIpc) is 2.61. The molecule has 1 N–H and O–H groups in total. The first-order valence-corrected chi connectivity index (χ1v) is 9.05. The van der Waals surface area contributed by atoms with Crippen molar-refractivity contribution in [3.05, 3.63) is 54.6 Å². The number of carbonyl (C=O) groups excluding carboxylic acids is 2. The quantitative estimate of drug-likeness (QED) is 0.594. The minimum atomic E-state index is -5.30. The van der Waals surface area contributed by atoms with Gasteiger partial charge in [0.05, 0.1) is 11.3 Å². The van der Waals surface area contributed by atoms with E-state index in [4.69, 9.17) is 0 Å². The lowest BCUT2D eigenvalue weighted by Gasteiger charge is -2.08. The van der Waals surface area contributed by atoms with Crippen LogP contribution >= 0.6 is 0 Å². The van der Waals surface area contributed by atoms with E-state index in [1.165, 1.54) is 12.1 Å². The first kappa shape index (κ1) is 20.6. The SMILES string of the molecule is O=C(CCNS(=O)(=O)c1ccc(-c2ccccc2)cc1)OC(=O)C(F)(F)F. The summed E-state index contributed by atoms with van der Waals surface area (Å²) in [5.74, 6) is -4.13. The van der Waals surface area contributed by atoms with E-state index in [9.17, 15) is 31.2 Å². The Balaban J connectivity index is 1.93. The number of carbonyl (C=O) groups is 2. The molecule has 27 heavy (non-hydrogen) atoms. The van der Waals surface area contributed by atoms with Gasteiger partial charge in [-0.2, -0.15) is 13.2 Å². The van der Waals surface area contributed by atoms with Gasteiger partial charge in [-0.3, -0.25) is 4.79 Å². The minimum Gasteiger partial charge on any atom is -0.386 e. The molecule has 2 aromatic carbocycles. The Hall–Kier alpha value is -2.72. The zero-order chi connectivity index (χ0) is 20.1. The third-order valence-corrected chi connectivity index (χ3v) is 4.81. The number of hydrogen-bond acceptors (Lipinski definition) is 5. The molecule has 0 amide bonds. The monoisotopic (exact) mass is 401 g/mol. The molecule has 0 aliphatic carbocycles. The highest BCUT2D eigenvalue weighted by Gasteiger charge is 2.42. The van der Waals surface area contributed by atoms with Gasteiger partial charge in [-0.25, -0.2) is 17.9 Å². The Kier molecular flexibility index (Phi) is 6.34. The Morgan fingerprint density at radius 2 is 1.48 bits per heavy atom. The number of ether oxygens (including phenoxy) is 1. The number of nitrogens with one attached hydrogen (secondary N) is 1. The maximum atomic E-state index is 12.1. The molecule has 0 bridgehead atoms. The number of esters is 2. The van der Waals surface area contributed by atoms with Gasteiger partial charge in [0, 0.05) is 6.54 Å². The normalized spacial score (nSPS) is 11.8. The van der Waals surface area contributed by atoms with Crippen LogP contribution in [-0.2, 0) is 24.3 Å². The molecular formula is C17H14F3NO5S. The van der Waals surface area contributed by atoms with Crippen LogP contribution in [0.4, 0.5) is 13.2 Å². The standard InChI is InChI=1S/C17H14F3NO5S/c18-17(19,20)16(23)26-15(22)10-11-21-27(24,25)14-8-6-13(7-9-14)12-4-2-1-3-5-12/h1-9,21H,10-11H2. The molecule has 0 saturated heterocycles. The van der Waals surface area contributed by atoms with Crippen LogP contribution in [0.15, 0.2) is 59.5 Å². The van der Waals surface area contributed by atoms with E-state index in [0.717, 1.165) is 11.1 Å². The fourth-order valence-corrected chi connectivity index (χ4v) is 3.07. The Morgan fingerprint density at radius 1 is 0.926 bits per heavy atom. The third kappa shape index (κ3) is 5.90. The average molecular weight is 401 g/mol. The van der Waals surface area contributed by atoms with Gasteiger partial charge >= 0.3 is 18.1 Å². The van der Waals surface area contributed by atoms with Crippen LogP contribution in [-0.4, -0.2) is 33.1 Å². The van der Waals surface area contributed by atoms with Gasteiger partial charge in [0.2, 0.25) is 10.0 Å². The fourth-order valence-electron chi connectivity index (χ4n) is 2.04. The van der Waals surface area contributed by atoms with Crippen LogP contribution in [0.5, 0.6) is 0 Å². The van der Waals surface area contributed by atoms with Crippen molar-refractivity contribution in [3.8, 4) is 11.1 Å². The molecule has 2 aromatic rings. The van der Waals surface area contributed by atoms with Crippen molar-refractivity contribution in [2.75, 3.05) is 6.54 Å². The smallest absolute Gasteiger partial charge is 0.386 e. The number of benzene rings is 2. The largest absolute Gasteiger partial charge is 0.491 e. The van der Waals surface area contributed by atoms with Crippen LogP contribution in [0, 0.1) is 0 Å². The molecule has 0 unspecified atom stereocenters. The van der Waals surface area contributed by atoms with E-state index < -0.39 is 41.1 Å². The molecule has 0 saturated carbocycles. The summed E-state index contributed by atoms with van der Waals surface area (Å²) in [4.78, 5) is 21.6. The zero-order valence-electron chi connectivity index (χ0n) is 13.7. The van der Waals surface area contributed by atoms with Gasteiger partial charge in [0.15, 0.2) is 0 Å². The van der Waals surface area contributed by atoms with Gasteiger partial charge < -0.3 is 4.74 Å². The molecule has 144 valence electrons. The number of halogens is 3. The van der Waals surface area contributed by atoms with E-state index >= 15 is 0 Å². The number of hydrogen-bond donors (Lipinski definition) is 1.